The molecule has 136 valence electrons. The SMILES string of the molecule is Nc1c(S(=O)(=O)[O-])cc(Br)c2c1C(=O)c1cc(S(=O)(=O)[O-])ccc1C2=O.[K+].[K+]. The fourth-order valence-electron chi connectivity index (χ4n) is 2.64. The van der Waals surface area contributed by atoms with Crippen LogP contribution in [0.25, 0.3) is 0 Å². The Morgan fingerprint density at radius 2 is 1.36 bits per heavy atom. The summed E-state index contributed by atoms with van der Waals surface area (Å²) >= 11 is 2.95. The van der Waals surface area contributed by atoms with Crippen molar-refractivity contribution < 1.29 is 138 Å². The van der Waals surface area contributed by atoms with Crippen LogP contribution in [0.5, 0.6) is 0 Å². The molecule has 0 unspecified atom stereocenters. The molecule has 28 heavy (non-hydrogen) atoms. The van der Waals surface area contributed by atoms with Crippen molar-refractivity contribution >= 4 is 53.4 Å². The van der Waals surface area contributed by atoms with Crippen LogP contribution in [0.3, 0.4) is 0 Å². The van der Waals surface area contributed by atoms with Crippen LogP contribution in [0.4, 0.5) is 5.69 Å². The molecular formula is C14H6BrK2NO8S2. The van der Waals surface area contributed by atoms with Gasteiger partial charge >= 0.3 is 103 Å². The number of benzene rings is 2. The molecule has 2 aromatic carbocycles. The maximum atomic E-state index is 12.7. The zero-order valence-electron chi connectivity index (χ0n) is 14.3. The number of hydrogen-bond acceptors (Lipinski definition) is 9. The van der Waals surface area contributed by atoms with Gasteiger partial charge in [-0.1, -0.05) is 0 Å². The first-order valence-corrected chi connectivity index (χ1v) is 10.2. The number of rotatable bonds is 2. The molecule has 0 aromatic heterocycles. The predicted molar refractivity (Wildman–Crippen MR) is 87.8 cm³/mol. The molecule has 1 aliphatic rings. The molecule has 3 rings (SSSR count). The second kappa shape index (κ2) is 9.34. The fourth-order valence-corrected chi connectivity index (χ4v) is 4.53. The van der Waals surface area contributed by atoms with Crippen LogP contribution in [0.1, 0.15) is 31.8 Å². The summed E-state index contributed by atoms with van der Waals surface area (Å²) in [4.78, 5) is 23.7. The minimum atomic E-state index is -5.05. The zero-order chi connectivity index (χ0) is 19.6. The van der Waals surface area contributed by atoms with Crippen LogP contribution in [0, 0.1) is 0 Å². The van der Waals surface area contributed by atoms with E-state index in [1.807, 2.05) is 0 Å². The summed E-state index contributed by atoms with van der Waals surface area (Å²) in [5, 5.41) is 0. The number of carbonyl (C=O) groups excluding carboxylic acids is 2. The van der Waals surface area contributed by atoms with Gasteiger partial charge in [0, 0.05) is 15.6 Å². The van der Waals surface area contributed by atoms with E-state index in [1.54, 1.807) is 0 Å². The Labute approximate surface area is 253 Å². The van der Waals surface area contributed by atoms with Crippen molar-refractivity contribution in [3.63, 3.8) is 0 Å². The number of hydrogen-bond donors (Lipinski definition) is 1. The standard InChI is InChI=1S/C14H8BrNO8S2.2K/c15-8-4-9(26(22,23)24)12(16)11-10(8)13(17)6-2-1-5(25(19,20)21)3-7(6)14(11)18;;/h1-4H,16H2,(H,19,20,21)(H,22,23,24);;/q;2*+1/p-2. The van der Waals surface area contributed by atoms with E-state index in [1.165, 1.54) is 0 Å². The second-order valence-corrected chi connectivity index (χ2v) is 8.88. The van der Waals surface area contributed by atoms with Crippen molar-refractivity contribution in [2.75, 3.05) is 5.73 Å². The molecular weight excluding hydrogens is 532 g/mol. The number of ketones is 2. The predicted octanol–water partition coefficient (Wildman–Crippen LogP) is -5.38. The molecule has 0 heterocycles. The zero-order valence-corrected chi connectivity index (χ0v) is 23.8. The number of anilines is 1. The fraction of sp³-hybridized carbons (Fsp3) is 0. The molecule has 0 aliphatic heterocycles. The second-order valence-electron chi connectivity index (χ2n) is 5.29. The van der Waals surface area contributed by atoms with E-state index in [9.17, 15) is 35.5 Å². The largest absolute Gasteiger partial charge is 1.00 e. The van der Waals surface area contributed by atoms with Gasteiger partial charge in [-0.05, 0) is 40.2 Å². The van der Waals surface area contributed by atoms with Gasteiger partial charge in [0.25, 0.3) is 0 Å². The number of halogens is 1. The molecule has 0 spiro atoms. The molecule has 2 aromatic rings. The Morgan fingerprint density at radius 1 is 0.821 bits per heavy atom. The van der Waals surface area contributed by atoms with Gasteiger partial charge in [-0.15, -0.1) is 0 Å². The third kappa shape index (κ3) is 4.81. The summed E-state index contributed by atoms with van der Waals surface area (Å²) in [5.41, 5.74) is 3.49. The maximum absolute atomic E-state index is 12.7. The average Bonchev–Trinajstić information content (AvgIpc) is 2.51. The van der Waals surface area contributed by atoms with E-state index in [4.69, 9.17) is 5.73 Å². The molecule has 1 aliphatic carbocycles. The molecule has 0 radical (unpaired) electrons. The van der Waals surface area contributed by atoms with E-state index in [-0.39, 0.29) is 118 Å². The van der Waals surface area contributed by atoms with Crippen molar-refractivity contribution in [3.8, 4) is 0 Å². The van der Waals surface area contributed by atoms with Gasteiger partial charge < -0.3 is 14.8 Å². The topological polar surface area (TPSA) is 175 Å². The monoisotopic (exact) mass is 537 g/mol. The number of fused-ring (bicyclic) bond motifs is 2. The summed E-state index contributed by atoms with van der Waals surface area (Å²) in [7, 11) is -9.96. The Bertz CT molecular complexity index is 1240. The minimum absolute atomic E-state index is 0. The number of nitrogens with two attached hydrogens (primary N) is 1. The smallest absolute Gasteiger partial charge is 0.744 e. The van der Waals surface area contributed by atoms with Gasteiger partial charge in [0.2, 0.25) is 0 Å². The number of nitrogen functional groups attached to an aromatic ring is 1. The molecule has 0 amide bonds. The maximum Gasteiger partial charge on any atom is 1.00 e. The summed E-state index contributed by atoms with van der Waals surface area (Å²) in [6, 6.07) is 3.42. The van der Waals surface area contributed by atoms with E-state index < -0.39 is 58.4 Å². The summed E-state index contributed by atoms with van der Waals surface area (Å²) in [6.45, 7) is 0. The van der Waals surface area contributed by atoms with Crippen LogP contribution in [-0.4, -0.2) is 37.5 Å². The van der Waals surface area contributed by atoms with Crippen molar-refractivity contribution in [1.82, 2.24) is 0 Å². The van der Waals surface area contributed by atoms with E-state index in [2.05, 4.69) is 15.9 Å². The first-order valence-electron chi connectivity index (χ1n) is 6.61. The van der Waals surface area contributed by atoms with Gasteiger partial charge in [0.1, 0.15) is 20.2 Å². The molecule has 0 atom stereocenters. The van der Waals surface area contributed by atoms with Gasteiger partial charge in [0.05, 0.1) is 26.6 Å². The summed E-state index contributed by atoms with van der Waals surface area (Å²) in [6.07, 6.45) is 0. The van der Waals surface area contributed by atoms with Crippen LogP contribution >= 0.6 is 15.9 Å². The van der Waals surface area contributed by atoms with E-state index in [0.29, 0.717) is 6.07 Å². The van der Waals surface area contributed by atoms with E-state index >= 15 is 0 Å². The summed E-state index contributed by atoms with van der Waals surface area (Å²) in [5.74, 6) is -1.73. The Kier molecular flexibility index (Phi) is 9.06. The van der Waals surface area contributed by atoms with Crippen LogP contribution < -0.4 is 109 Å². The van der Waals surface area contributed by atoms with Crippen molar-refractivity contribution in [1.29, 1.82) is 0 Å². The van der Waals surface area contributed by atoms with Crippen molar-refractivity contribution in [2.45, 2.75) is 9.79 Å². The van der Waals surface area contributed by atoms with Gasteiger partial charge in [0.15, 0.2) is 11.6 Å². The third-order valence-electron chi connectivity index (χ3n) is 3.77. The average molecular weight is 538 g/mol. The Hall–Kier alpha value is 1.15. The Balaban J connectivity index is 0.00000196. The summed E-state index contributed by atoms with van der Waals surface area (Å²) < 4.78 is 67.3. The van der Waals surface area contributed by atoms with Crippen LogP contribution in [0.2, 0.25) is 0 Å². The first-order chi connectivity index (χ1) is 11.8. The first kappa shape index (κ1) is 27.2. The van der Waals surface area contributed by atoms with Crippen LogP contribution in [0.15, 0.2) is 38.5 Å². The molecule has 0 saturated heterocycles. The van der Waals surface area contributed by atoms with E-state index in [0.717, 1.165) is 18.2 Å². The van der Waals surface area contributed by atoms with Crippen molar-refractivity contribution in [3.05, 3.63) is 51.0 Å². The molecule has 0 saturated carbocycles. The van der Waals surface area contributed by atoms with Gasteiger partial charge in [-0.2, -0.15) is 0 Å². The van der Waals surface area contributed by atoms with Crippen molar-refractivity contribution in [2.24, 2.45) is 0 Å². The van der Waals surface area contributed by atoms with Crippen LogP contribution in [-0.2, 0) is 20.2 Å². The third-order valence-corrected chi connectivity index (χ3v) is 6.11. The Morgan fingerprint density at radius 3 is 1.86 bits per heavy atom. The number of carbonyl (C=O) groups is 2. The van der Waals surface area contributed by atoms with Gasteiger partial charge in [-0.25, -0.2) is 16.8 Å². The quantitative estimate of drug-likeness (QED) is 0.190. The normalized spacial score (nSPS) is 13.1. The molecule has 14 heteroatoms. The molecule has 0 fully saturated rings. The molecule has 9 nitrogen and oxygen atoms in total. The van der Waals surface area contributed by atoms with Gasteiger partial charge in [-0.3, -0.25) is 9.59 Å². The molecule has 0 bridgehead atoms. The minimum Gasteiger partial charge on any atom is -0.744 e. The molecule has 2 N–H and O–H groups in total.